The molecule has 0 saturated heterocycles. The van der Waals surface area contributed by atoms with Crippen molar-refractivity contribution in [3.05, 3.63) is 0 Å². The van der Waals surface area contributed by atoms with Gasteiger partial charge >= 0.3 is 0 Å². The molecule has 0 amide bonds. The molecule has 3 N–H and O–H groups in total. The second kappa shape index (κ2) is 6.25. The summed E-state index contributed by atoms with van der Waals surface area (Å²) in [7, 11) is 0. The molecule has 4 rings (SSSR count). The standard InChI is InChI=1S/C21H27FO7/c1-19-7-13(25)16-9(10(19)3-4-21(19,29)15(27)8-23)5-11(22)17-18(28)12(24)6-14(26)20(16,17)2/h9-11,13,16-17,23,25,29H,3-8H2,1-2H3/t9-,10-,11?,13?,16+,17?,19-,20+,21-/m0/s1. The number of carbonyl (C=O) groups is 4. The Morgan fingerprint density at radius 1 is 1.24 bits per heavy atom. The molecule has 0 aromatic carbocycles. The van der Waals surface area contributed by atoms with Crippen molar-refractivity contribution < 1.29 is 38.9 Å². The lowest BCUT2D eigenvalue weighted by atomic mass is 9.42. The summed E-state index contributed by atoms with van der Waals surface area (Å²) in [6, 6.07) is 0. The zero-order chi connectivity index (χ0) is 21.5. The van der Waals surface area contributed by atoms with Crippen LogP contribution in [0.5, 0.6) is 0 Å². The minimum atomic E-state index is -1.83. The summed E-state index contributed by atoms with van der Waals surface area (Å²) in [4.78, 5) is 49.7. The van der Waals surface area contributed by atoms with Crippen molar-refractivity contribution in [2.75, 3.05) is 6.61 Å². The maximum atomic E-state index is 15.3. The van der Waals surface area contributed by atoms with Crippen molar-refractivity contribution >= 4 is 23.1 Å². The summed E-state index contributed by atoms with van der Waals surface area (Å²) in [5, 5.41) is 31.6. The van der Waals surface area contributed by atoms with E-state index in [2.05, 4.69) is 0 Å². The number of alkyl halides is 1. The molecule has 4 aliphatic carbocycles. The van der Waals surface area contributed by atoms with Crippen LogP contribution < -0.4 is 0 Å². The van der Waals surface area contributed by atoms with E-state index in [1.54, 1.807) is 6.92 Å². The van der Waals surface area contributed by atoms with Gasteiger partial charge in [-0.1, -0.05) is 13.8 Å². The number of hydrogen-bond donors (Lipinski definition) is 3. The van der Waals surface area contributed by atoms with Crippen molar-refractivity contribution in [2.45, 2.75) is 63.8 Å². The van der Waals surface area contributed by atoms with Gasteiger partial charge in [-0.25, -0.2) is 4.39 Å². The van der Waals surface area contributed by atoms with Gasteiger partial charge in [-0.05, 0) is 37.5 Å². The fourth-order valence-electron chi connectivity index (χ4n) is 7.49. The maximum Gasteiger partial charge on any atom is 0.206 e. The zero-order valence-corrected chi connectivity index (χ0v) is 16.6. The first kappa shape index (κ1) is 20.8. The molecular formula is C21H27FO7. The number of halogens is 1. The lowest BCUT2D eigenvalue weighted by Crippen LogP contribution is -2.68. The highest BCUT2D eigenvalue weighted by Gasteiger charge is 2.72. The second-order valence-corrected chi connectivity index (χ2v) is 9.86. The van der Waals surface area contributed by atoms with Crippen LogP contribution in [-0.4, -0.2) is 62.9 Å². The number of fused-ring (bicyclic) bond motifs is 5. The fourth-order valence-corrected chi connectivity index (χ4v) is 7.49. The maximum absolute atomic E-state index is 15.3. The highest BCUT2D eigenvalue weighted by atomic mass is 19.1. The first-order valence-corrected chi connectivity index (χ1v) is 10.2. The largest absolute Gasteiger partial charge is 0.393 e. The van der Waals surface area contributed by atoms with Crippen molar-refractivity contribution in [1.29, 1.82) is 0 Å². The van der Waals surface area contributed by atoms with Crippen molar-refractivity contribution in [3.8, 4) is 0 Å². The molecule has 9 atom stereocenters. The summed E-state index contributed by atoms with van der Waals surface area (Å²) in [6.07, 6.45) is -3.08. The van der Waals surface area contributed by atoms with Crippen LogP contribution in [0.25, 0.3) is 0 Å². The third-order valence-corrected chi connectivity index (χ3v) is 8.89. The van der Waals surface area contributed by atoms with Crippen LogP contribution in [0.4, 0.5) is 4.39 Å². The molecule has 0 heterocycles. The summed E-state index contributed by atoms with van der Waals surface area (Å²) in [6.45, 7) is 2.33. The minimum Gasteiger partial charge on any atom is -0.393 e. The van der Waals surface area contributed by atoms with E-state index in [1.165, 1.54) is 6.92 Å². The average molecular weight is 410 g/mol. The fraction of sp³-hybridized carbons (Fsp3) is 0.810. The van der Waals surface area contributed by atoms with E-state index in [0.29, 0.717) is 6.42 Å². The van der Waals surface area contributed by atoms with Gasteiger partial charge in [0.1, 0.15) is 24.2 Å². The number of carbonyl (C=O) groups excluding carboxylic acids is 4. The van der Waals surface area contributed by atoms with Gasteiger partial charge in [-0.3, -0.25) is 19.2 Å². The van der Waals surface area contributed by atoms with E-state index in [9.17, 15) is 34.5 Å². The lowest BCUT2D eigenvalue weighted by Gasteiger charge is -2.61. The highest BCUT2D eigenvalue weighted by molar-refractivity contribution is 6.44. The summed E-state index contributed by atoms with van der Waals surface area (Å²) >= 11 is 0. The first-order chi connectivity index (χ1) is 13.4. The SMILES string of the molecule is C[C@]12C(=O)CC(=O)C(=O)C1C(F)C[C@@H]1[C@@H]2C(O)C[C@@]2(C)[C@H]1CC[C@]2(O)C(=O)CO. The van der Waals surface area contributed by atoms with E-state index in [1.807, 2.05) is 0 Å². The first-order valence-electron chi connectivity index (χ1n) is 10.2. The third-order valence-electron chi connectivity index (χ3n) is 8.89. The Hall–Kier alpha value is -1.51. The molecule has 0 bridgehead atoms. The molecule has 0 aromatic rings. The number of rotatable bonds is 2. The molecule has 0 aliphatic heterocycles. The number of aliphatic hydroxyl groups excluding tert-OH is 2. The van der Waals surface area contributed by atoms with Crippen molar-refractivity contribution in [1.82, 2.24) is 0 Å². The zero-order valence-electron chi connectivity index (χ0n) is 16.6. The van der Waals surface area contributed by atoms with E-state index in [0.717, 1.165) is 0 Å². The summed E-state index contributed by atoms with van der Waals surface area (Å²) < 4.78 is 15.3. The van der Waals surface area contributed by atoms with Gasteiger partial charge in [-0.15, -0.1) is 0 Å². The molecule has 0 spiro atoms. The van der Waals surface area contributed by atoms with Gasteiger partial charge in [0.25, 0.3) is 0 Å². The molecule has 0 aromatic heterocycles. The van der Waals surface area contributed by atoms with Crippen LogP contribution in [0, 0.1) is 34.5 Å². The quantitative estimate of drug-likeness (QED) is 0.437. The van der Waals surface area contributed by atoms with Crippen LogP contribution in [-0.2, 0) is 19.2 Å². The van der Waals surface area contributed by atoms with Gasteiger partial charge < -0.3 is 15.3 Å². The Morgan fingerprint density at radius 2 is 1.90 bits per heavy atom. The third kappa shape index (κ3) is 2.33. The topological polar surface area (TPSA) is 129 Å². The monoisotopic (exact) mass is 410 g/mol. The summed E-state index contributed by atoms with van der Waals surface area (Å²) in [5.74, 6) is -6.00. The van der Waals surface area contributed by atoms with Crippen LogP contribution in [0.15, 0.2) is 0 Å². The number of hydrogen-bond acceptors (Lipinski definition) is 7. The van der Waals surface area contributed by atoms with Gasteiger partial charge in [0.2, 0.25) is 11.6 Å². The molecule has 160 valence electrons. The van der Waals surface area contributed by atoms with Gasteiger partial charge in [0, 0.05) is 16.7 Å². The average Bonchev–Trinajstić information content (AvgIpc) is 2.91. The van der Waals surface area contributed by atoms with E-state index in [4.69, 9.17) is 0 Å². The number of aliphatic hydroxyl groups is 3. The molecule has 0 radical (unpaired) electrons. The minimum absolute atomic E-state index is 0.00421. The molecule has 4 saturated carbocycles. The van der Waals surface area contributed by atoms with Crippen LogP contribution in [0.1, 0.15) is 46.0 Å². The molecule has 8 heteroatoms. The van der Waals surface area contributed by atoms with Crippen molar-refractivity contribution in [2.24, 2.45) is 34.5 Å². The Balaban J connectivity index is 1.80. The number of ketones is 4. The van der Waals surface area contributed by atoms with E-state index in [-0.39, 0.29) is 25.2 Å². The van der Waals surface area contributed by atoms with Crippen molar-refractivity contribution in [3.63, 3.8) is 0 Å². The molecule has 3 unspecified atom stereocenters. The Labute approximate surface area is 167 Å². The van der Waals surface area contributed by atoms with E-state index >= 15 is 4.39 Å². The molecule has 7 nitrogen and oxygen atoms in total. The Kier molecular flexibility index (Phi) is 4.47. The lowest BCUT2D eigenvalue weighted by molar-refractivity contribution is -0.207. The normalized spacial score (nSPS) is 52.0. The van der Waals surface area contributed by atoms with Gasteiger partial charge in [-0.2, -0.15) is 0 Å². The molecule has 4 aliphatic rings. The Morgan fingerprint density at radius 3 is 2.52 bits per heavy atom. The van der Waals surface area contributed by atoms with Crippen LogP contribution in [0.2, 0.25) is 0 Å². The number of Topliss-reactive ketones (excluding diaryl/α,β-unsaturated/α-hetero) is 4. The van der Waals surface area contributed by atoms with Crippen LogP contribution >= 0.6 is 0 Å². The molecule has 29 heavy (non-hydrogen) atoms. The molecule has 4 fully saturated rings. The van der Waals surface area contributed by atoms with Gasteiger partial charge in [0.15, 0.2) is 5.78 Å². The van der Waals surface area contributed by atoms with E-state index < -0.39 is 82.6 Å². The predicted molar refractivity (Wildman–Crippen MR) is 96.2 cm³/mol. The smallest absolute Gasteiger partial charge is 0.206 e. The summed E-state index contributed by atoms with van der Waals surface area (Å²) in [5.41, 5.74) is -4.39. The second-order valence-electron chi connectivity index (χ2n) is 9.86. The van der Waals surface area contributed by atoms with Crippen LogP contribution in [0.3, 0.4) is 0 Å². The highest BCUT2D eigenvalue weighted by Crippen LogP contribution is 2.67. The molecular weight excluding hydrogens is 383 g/mol. The Bertz CT molecular complexity index is 811. The van der Waals surface area contributed by atoms with Gasteiger partial charge in [0.05, 0.1) is 18.4 Å². The predicted octanol–water partition coefficient (Wildman–Crippen LogP) is 0.167.